The molecular formula is C16H26FN3O. The summed E-state index contributed by atoms with van der Waals surface area (Å²) in [6.07, 6.45) is 0.887. The molecule has 1 atom stereocenters. The quantitative estimate of drug-likeness (QED) is 0.839. The molecule has 0 aromatic heterocycles. The van der Waals surface area contributed by atoms with Gasteiger partial charge in [0.15, 0.2) is 0 Å². The summed E-state index contributed by atoms with van der Waals surface area (Å²) in [7, 11) is 3.97. The maximum Gasteiger partial charge on any atom is 0.317 e. The zero-order valence-electron chi connectivity index (χ0n) is 13.4. The van der Waals surface area contributed by atoms with Crippen molar-refractivity contribution in [2.24, 2.45) is 0 Å². The van der Waals surface area contributed by atoms with Gasteiger partial charge in [0.05, 0.1) is 0 Å². The first-order valence-corrected chi connectivity index (χ1v) is 7.37. The number of urea groups is 1. The SMILES string of the molecule is CCCN(Cc1ccc(F)cc1)C(=O)NC[C@@H](C)N(C)C. The standard InChI is InChI=1S/C16H26FN3O/c1-5-10-20(12-14-6-8-15(17)9-7-14)16(21)18-11-13(2)19(3)4/h6-9,13H,5,10-12H2,1-4H3,(H,18,21)/t13-/m1/s1. The third-order valence-electron chi connectivity index (χ3n) is 3.50. The first-order valence-electron chi connectivity index (χ1n) is 7.37. The summed E-state index contributed by atoms with van der Waals surface area (Å²) in [5, 5.41) is 2.95. The highest BCUT2D eigenvalue weighted by molar-refractivity contribution is 5.74. The van der Waals surface area contributed by atoms with Gasteiger partial charge in [-0.2, -0.15) is 0 Å². The summed E-state index contributed by atoms with van der Waals surface area (Å²) < 4.78 is 12.9. The number of likely N-dealkylation sites (N-methyl/N-ethyl adjacent to an activating group) is 1. The minimum absolute atomic E-state index is 0.0742. The molecule has 0 fully saturated rings. The van der Waals surface area contributed by atoms with E-state index >= 15 is 0 Å². The molecule has 5 heteroatoms. The Kier molecular flexibility index (Phi) is 7.15. The molecule has 21 heavy (non-hydrogen) atoms. The number of benzene rings is 1. The van der Waals surface area contributed by atoms with Crippen LogP contribution in [-0.4, -0.2) is 49.1 Å². The first-order chi connectivity index (χ1) is 9.93. The third kappa shape index (κ3) is 6.12. The molecule has 0 saturated carbocycles. The topological polar surface area (TPSA) is 35.6 Å². The van der Waals surface area contributed by atoms with Crippen molar-refractivity contribution in [2.45, 2.75) is 32.9 Å². The van der Waals surface area contributed by atoms with E-state index in [1.54, 1.807) is 17.0 Å². The van der Waals surface area contributed by atoms with Gasteiger partial charge in [0, 0.05) is 25.7 Å². The Labute approximate surface area is 126 Å². The average Bonchev–Trinajstić information content (AvgIpc) is 2.46. The second-order valence-corrected chi connectivity index (χ2v) is 5.55. The number of halogens is 1. The third-order valence-corrected chi connectivity index (χ3v) is 3.50. The lowest BCUT2D eigenvalue weighted by Crippen LogP contribution is -2.45. The zero-order chi connectivity index (χ0) is 15.8. The van der Waals surface area contributed by atoms with Crippen LogP contribution in [0.25, 0.3) is 0 Å². The molecule has 0 aliphatic rings. The monoisotopic (exact) mass is 295 g/mol. The fourth-order valence-electron chi connectivity index (χ4n) is 1.86. The predicted octanol–water partition coefficient (Wildman–Crippen LogP) is 2.70. The molecule has 0 unspecified atom stereocenters. The minimum Gasteiger partial charge on any atom is -0.336 e. The van der Waals surface area contributed by atoms with Gasteiger partial charge < -0.3 is 15.1 Å². The van der Waals surface area contributed by atoms with E-state index in [0.29, 0.717) is 19.6 Å². The first kappa shape index (κ1) is 17.4. The van der Waals surface area contributed by atoms with Crippen LogP contribution in [0.1, 0.15) is 25.8 Å². The minimum atomic E-state index is -0.259. The van der Waals surface area contributed by atoms with Gasteiger partial charge >= 0.3 is 6.03 Å². The van der Waals surface area contributed by atoms with Gasteiger partial charge in [-0.05, 0) is 45.1 Å². The molecule has 0 heterocycles. The summed E-state index contributed by atoms with van der Waals surface area (Å²) in [6.45, 7) is 5.88. The number of hydrogen-bond acceptors (Lipinski definition) is 2. The van der Waals surface area contributed by atoms with Crippen LogP contribution in [0.5, 0.6) is 0 Å². The molecule has 1 aromatic rings. The normalized spacial score (nSPS) is 12.3. The lowest BCUT2D eigenvalue weighted by molar-refractivity contribution is 0.190. The van der Waals surface area contributed by atoms with Crippen molar-refractivity contribution in [3.63, 3.8) is 0 Å². The molecule has 0 spiro atoms. The molecule has 0 saturated heterocycles. The lowest BCUT2D eigenvalue weighted by atomic mass is 10.2. The number of amides is 2. The van der Waals surface area contributed by atoms with E-state index in [-0.39, 0.29) is 17.9 Å². The van der Waals surface area contributed by atoms with E-state index in [1.807, 2.05) is 21.0 Å². The molecule has 1 N–H and O–H groups in total. The van der Waals surface area contributed by atoms with Crippen LogP contribution in [0.3, 0.4) is 0 Å². The van der Waals surface area contributed by atoms with Crippen molar-refractivity contribution in [3.05, 3.63) is 35.6 Å². The van der Waals surface area contributed by atoms with Gasteiger partial charge in [-0.1, -0.05) is 19.1 Å². The highest BCUT2D eigenvalue weighted by Gasteiger charge is 2.14. The van der Waals surface area contributed by atoms with Crippen LogP contribution < -0.4 is 5.32 Å². The average molecular weight is 295 g/mol. The van der Waals surface area contributed by atoms with Crippen LogP contribution in [0, 0.1) is 5.82 Å². The van der Waals surface area contributed by atoms with Crippen molar-refractivity contribution in [2.75, 3.05) is 27.2 Å². The second kappa shape index (κ2) is 8.62. The summed E-state index contributed by atoms with van der Waals surface area (Å²) in [5.74, 6) is -0.259. The van der Waals surface area contributed by atoms with E-state index in [0.717, 1.165) is 12.0 Å². The van der Waals surface area contributed by atoms with Crippen LogP contribution in [0.4, 0.5) is 9.18 Å². The van der Waals surface area contributed by atoms with E-state index in [4.69, 9.17) is 0 Å². The highest BCUT2D eigenvalue weighted by atomic mass is 19.1. The Hall–Kier alpha value is -1.62. The van der Waals surface area contributed by atoms with Crippen LogP contribution in [0.15, 0.2) is 24.3 Å². The van der Waals surface area contributed by atoms with Crippen LogP contribution in [0.2, 0.25) is 0 Å². The number of rotatable bonds is 7. The maximum atomic E-state index is 12.9. The zero-order valence-corrected chi connectivity index (χ0v) is 13.4. The van der Waals surface area contributed by atoms with Crippen molar-refractivity contribution >= 4 is 6.03 Å². The van der Waals surface area contributed by atoms with Gasteiger partial charge in [0.25, 0.3) is 0 Å². The van der Waals surface area contributed by atoms with E-state index < -0.39 is 0 Å². The van der Waals surface area contributed by atoms with Crippen molar-refractivity contribution in [1.82, 2.24) is 15.1 Å². The highest BCUT2D eigenvalue weighted by Crippen LogP contribution is 2.07. The van der Waals surface area contributed by atoms with Crippen molar-refractivity contribution in [3.8, 4) is 0 Å². The van der Waals surface area contributed by atoms with Crippen molar-refractivity contribution < 1.29 is 9.18 Å². The number of hydrogen-bond donors (Lipinski definition) is 1. The Balaban J connectivity index is 2.59. The van der Waals surface area contributed by atoms with Gasteiger partial charge in [0.2, 0.25) is 0 Å². The van der Waals surface area contributed by atoms with E-state index in [2.05, 4.69) is 17.1 Å². The Bertz CT molecular complexity index is 434. The van der Waals surface area contributed by atoms with Gasteiger partial charge in [-0.25, -0.2) is 9.18 Å². The molecule has 1 aromatic carbocycles. The molecule has 118 valence electrons. The molecule has 4 nitrogen and oxygen atoms in total. The summed E-state index contributed by atoms with van der Waals surface area (Å²) in [4.78, 5) is 16.1. The molecule has 0 aliphatic heterocycles. The van der Waals surface area contributed by atoms with Gasteiger partial charge in [0.1, 0.15) is 5.82 Å². The lowest BCUT2D eigenvalue weighted by Gasteiger charge is -2.25. The summed E-state index contributed by atoms with van der Waals surface area (Å²) in [5.41, 5.74) is 0.931. The molecule has 1 rings (SSSR count). The molecular weight excluding hydrogens is 269 g/mol. The van der Waals surface area contributed by atoms with Crippen molar-refractivity contribution in [1.29, 1.82) is 0 Å². The second-order valence-electron chi connectivity index (χ2n) is 5.55. The largest absolute Gasteiger partial charge is 0.336 e. The molecule has 0 aliphatic carbocycles. The fourth-order valence-corrected chi connectivity index (χ4v) is 1.86. The maximum absolute atomic E-state index is 12.9. The smallest absolute Gasteiger partial charge is 0.317 e. The number of carbonyl (C=O) groups is 1. The Morgan fingerprint density at radius 3 is 2.43 bits per heavy atom. The van der Waals surface area contributed by atoms with Gasteiger partial charge in [-0.15, -0.1) is 0 Å². The van der Waals surface area contributed by atoms with Crippen LogP contribution >= 0.6 is 0 Å². The summed E-state index contributed by atoms with van der Waals surface area (Å²) >= 11 is 0. The fraction of sp³-hybridized carbons (Fsp3) is 0.562. The Morgan fingerprint density at radius 1 is 1.29 bits per heavy atom. The predicted molar refractivity (Wildman–Crippen MR) is 83.6 cm³/mol. The number of nitrogens with zero attached hydrogens (tertiary/aromatic N) is 2. The molecule has 2 amide bonds. The molecule has 0 radical (unpaired) electrons. The molecule has 0 bridgehead atoms. The van der Waals surface area contributed by atoms with E-state index in [1.165, 1.54) is 12.1 Å². The van der Waals surface area contributed by atoms with Crippen LogP contribution in [-0.2, 0) is 6.54 Å². The summed E-state index contributed by atoms with van der Waals surface area (Å²) in [6, 6.07) is 6.48. The van der Waals surface area contributed by atoms with E-state index in [9.17, 15) is 9.18 Å². The Morgan fingerprint density at radius 2 is 1.90 bits per heavy atom. The number of carbonyl (C=O) groups excluding carboxylic acids is 1. The number of nitrogens with one attached hydrogen (secondary N) is 1. The van der Waals surface area contributed by atoms with Gasteiger partial charge in [-0.3, -0.25) is 0 Å².